The van der Waals surface area contributed by atoms with Crippen molar-refractivity contribution in [3.63, 3.8) is 0 Å². The van der Waals surface area contributed by atoms with Gasteiger partial charge in [-0.3, -0.25) is 0 Å². The maximum atomic E-state index is 11.5. The molecule has 0 aromatic carbocycles. The molecule has 0 aromatic rings. The Kier molecular flexibility index (Phi) is 4.74. The lowest BCUT2D eigenvalue weighted by Crippen LogP contribution is -2.52. The molecule has 0 radical (unpaired) electrons. The minimum Gasteiger partial charge on any atom is -0.501 e. The van der Waals surface area contributed by atoms with Crippen LogP contribution in [0.4, 0.5) is 0 Å². The molecule has 2 N–H and O–H groups in total. The fourth-order valence-corrected chi connectivity index (χ4v) is 7.16. The summed E-state index contributed by atoms with van der Waals surface area (Å²) in [6.07, 6.45) is 15.4. The van der Waals surface area contributed by atoms with Crippen molar-refractivity contribution in [2.75, 3.05) is 7.11 Å². The Balaban J connectivity index is 1.65. The summed E-state index contributed by atoms with van der Waals surface area (Å²) in [5.74, 6) is 2.53. The van der Waals surface area contributed by atoms with Crippen LogP contribution in [0.25, 0.3) is 0 Å². The molecule has 4 aliphatic carbocycles. The zero-order valence-corrected chi connectivity index (χ0v) is 16.5. The van der Waals surface area contributed by atoms with Crippen molar-refractivity contribution in [2.45, 2.75) is 63.9 Å². The predicted molar refractivity (Wildman–Crippen MR) is 104 cm³/mol. The minimum absolute atomic E-state index is 0.173. The van der Waals surface area contributed by atoms with Gasteiger partial charge in [0.1, 0.15) is 0 Å². The number of carbonyl (C=O) groups is 1. The van der Waals surface area contributed by atoms with E-state index in [4.69, 9.17) is 9.84 Å². The fraction of sp³-hybridized carbons (Fsp3) is 0.696. The number of carboxylic acids is 1. The van der Waals surface area contributed by atoms with Gasteiger partial charge in [-0.2, -0.15) is 0 Å². The highest BCUT2D eigenvalue weighted by Gasteiger charge is 2.62. The maximum Gasteiger partial charge on any atom is 0.328 e. The average Bonchev–Trinajstić information content (AvgIpc) is 2.99. The van der Waals surface area contributed by atoms with E-state index in [0.717, 1.165) is 50.4 Å². The van der Waals surface area contributed by atoms with Gasteiger partial charge < -0.3 is 14.9 Å². The monoisotopic (exact) mass is 372 g/mol. The molecule has 4 aliphatic rings. The van der Waals surface area contributed by atoms with E-state index in [9.17, 15) is 9.90 Å². The molecule has 0 spiro atoms. The molecule has 2 fully saturated rings. The molecule has 4 rings (SSSR count). The Hall–Kier alpha value is -1.55. The van der Waals surface area contributed by atoms with Crippen molar-refractivity contribution in [3.8, 4) is 0 Å². The number of aliphatic hydroxyl groups is 1. The Morgan fingerprint density at radius 2 is 2.11 bits per heavy atom. The van der Waals surface area contributed by atoms with Crippen LogP contribution in [0, 0.1) is 29.1 Å². The van der Waals surface area contributed by atoms with Gasteiger partial charge >= 0.3 is 5.97 Å². The maximum absolute atomic E-state index is 11.5. The summed E-state index contributed by atoms with van der Waals surface area (Å²) in [7, 11) is 1.76. The summed E-state index contributed by atoms with van der Waals surface area (Å²) in [5.41, 5.74) is 0.311. The van der Waals surface area contributed by atoms with E-state index in [1.807, 2.05) is 0 Å². The van der Waals surface area contributed by atoms with Crippen LogP contribution < -0.4 is 0 Å². The lowest BCUT2D eigenvalue weighted by molar-refractivity contribution is -0.132. The highest BCUT2D eigenvalue weighted by molar-refractivity contribution is 5.80. The molecule has 2 saturated carbocycles. The first-order chi connectivity index (χ1) is 12.9. The number of rotatable bonds is 4. The first-order valence-electron chi connectivity index (χ1n) is 10.5. The van der Waals surface area contributed by atoms with E-state index in [1.54, 1.807) is 13.2 Å². The summed E-state index contributed by atoms with van der Waals surface area (Å²) in [6, 6.07) is 0. The molecule has 0 heterocycles. The normalized spacial score (nSPS) is 43.4. The van der Waals surface area contributed by atoms with Crippen molar-refractivity contribution >= 4 is 5.97 Å². The third kappa shape index (κ3) is 2.79. The van der Waals surface area contributed by atoms with Crippen LogP contribution in [-0.2, 0) is 9.53 Å². The molecular weight excluding hydrogens is 340 g/mol. The zero-order valence-electron chi connectivity index (χ0n) is 16.5. The Morgan fingerprint density at radius 1 is 1.30 bits per heavy atom. The summed E-state index contributed by atoms with van der Waals surface area (Å²) in [6.45, 7) is 2.18. The first kappa shape index (κ1) is 18.8. The van der Waals surface area contributed by atoms with Crippen LogP contribution >= 0.6 is 0 Å². The topological polar surface area (TPSA) is 66.8 Å². The predicted octanol–water partition coefficient (Wildman–Crippen LogP) is 4.46. The Labute approximate surface area is 162 Å². The van der Waals surface area contributed by atoms with Crippen LogP contribution in [-0.4, -0.2) is 28.9 Å². The van der Waals surface area contributed by atoms with Crippen LogP contribution in [0.1, 0.15) is 58.3 Å². The smallest absolute Gasteiger partial charge is 0.328 e. The van der Waals surface area contributed by atoms with Crippen LogP contribution in [0.2, 0.25) is 0 Å². The number of fused-ring (bicyclic) bond motifs is 5. The van der Waals surface area contributed by atoms with Crippen LogP contribution in [0.15, 0.2) is 35.6 Å². The number of ether oxygens (including phenoxy) is 1. The third-order valence-electron chi connectivity index (χ3n) is 8.39. The van der Waals surface area contributed by atoms with Gasteiger partial charge in [-0.15, -0.1) is 0 Å². The van der Waals surface area contributed by atoms with Crippen molar-refractivity contribution in [1.82, 2.24) is 0 Å². The molecule has 0 aliphatic heterocycles. The average molecular weight is 373 g/mol. The Bertz CT molecular complexity index is 705. The standard InChI is InChI=1S/C23H32O4/c1-3-22-11-8-18-17-7-5-16(27-2)14-15(17)4-6-19(18)20(22)9-12-23(22,26)13-10-21(24)25/h4,10,13-14,17-20,26H,3,5-9,11-12H2,1-2H3,(H,24,25)/b13-10-/t17-,18+,19+,20-,22-,23+/m0/s1. The van der Waals surface area contributed by atoms with Crippen LogP contribution in [0.3, 0.4) is 0 Å². The molecule has 0 saturated heterocycles. The summed E-state index contributed by atoms with van der Waals surface area (Å²) < 4.78 is 5.48. The molecule has 27 heavy (non-hydrogen) atoms. The fourth-order valence-electron chi connectivity index (χ4n) is 7.16. The summed E-state index contributed by atoms with van der Waals surface area (Å²) in [5, 5.41) is 20.6. The number of hydrogen-bond acceptors (Lipinski definition) is 3. The van der Waals surface area contributed by atoms with Gasteiger partial charge in [0.15, 0.2) is 0 Å². The van der Waals surface area contributed by atoms with Crippen molar-refractivity contribution < 1.29 is 19.7 Å². The van der Waals surface area contributed by atoms with E-state index in [0.29, 0.717) is 30.1 Å². The van der Waals surface area contributed by atoms with Crippen molar-refractivity contribution in [2.24, 2.45) is 29.1 Å². The molecular formula is C23H32O4. The minimum atomic E-state index is -0.977. The summed E-state index contributed by atoms with van der Waals surface area (Å²) >= 11 is 0. The Morgan fingerprint density at radius 3 is 2.81 bits per heavy atom. The van der Waals surface area contributed by atoms with E-state index in [2.05, 4.69) is 19.1 Å². The van der Waals surface area contributed by atoms with Gasteiger partial charge in [-0.25, -0.2) is 4.79 Å². The number of carboxylic acid groups (broad SMARTS) is 1. The molecule has 0 aromatic heterocycles. The number of methoxy groups -OCH3 is 1. The molecule has 148 valence electrons. The summed E-state index contributed by atoms with van der Waals surface area (Å²) in [4.78, 5) is 11.1. The molecule has 0 bridgehead atoms. The second-order valence-corrected chi connectivity index (χ2v) is 9.02. The van der Waals surface area contributed by atoms with Gasteiger partial charge in [0.25, 0.3) is 0 Å². The quantitative estimate of drug-likeness (QED) is 0.715. The van der Waals surface area contributed by atoms with E-state index >= 15 is 0 Å². The first-order valence-corrected chi connectivity index (χ1v) is 10.5. The number of allylic oxidation sites excluding steroid dienone is 4. The zero-order chi connectivity index (χ0) is 19.2. The van der Waals surface area contributed by atoms with Gasteiger partial charge in [0, 0.05) is 17.9 Å². The molecule has 0 unspecified atom stereocenters. The third-order valence-corrected chi connectivity index (χ3v) is 8.39. The molecule has 6 atom stereocenters. The second kappa shape index (κ2) is 6.80. The molecule has 4 nitrogen and oxygen atoms in total. The van der Waals surface area contributed by atoms with Crippen molar-refractivity contribution in [3.05, 3.63) is 35.6 Å². The van der Waals surface area contributed by atoms with Gasteiger partial charge in [0.05, 0.1) is 18.5 Å². The van der Waals surface area contributed by atoms with E-state index in [-0.39, 0.29) is 5.41 Å². The van der Waals surface area contributed by atoms with Gasteiger partial charge in [-0.1, -0.05) is 13.0 Å². The van der Waals surface area contributed by atoms with Crippen molar-refractivity contribution in [1.29, 1.82) is 0 Å². The second-order valence-electron chi connectivity index (χ2n) is 9.02. The number of hydrogen-bond donors (Lipinski definition) is 2. The largest absolute Gasteiger partial charge is 0.501 e. The SMILES string of the molecule is CC[C@]12CC[C@H]3[C@@H](CC=C4C=C(OC)CC[C@@H]43)[C@@H]1CC[C@@]2(O)/C=C\C(=O)O. The highest BCUT2D eigenvalue weighted by atomic mass is 16.5. The lowest BCUT2D eigenvalue weighted by Gasteiger charge is -2.55. The van der Waals surface area contributed by atoms with Gasteiger partial charge in [0.2, 0.25) is 0 Å². The number of aliphatic carboxylic acids is 1. The highest BCUT2D eigenvalue weighted by Crippen LogP contribution is 2.66. The van der Waals surface area contributed by atoms with Gasteiger partial charge in [-0.05, 0) is 86.3 Å². The van der Waals surface area contributed by atoms with E-state index < -0.39 is 11.6 Å². The van der Waals surface area contributed by atoms with E-state index in [1.165, 1.54) is 12.0 Å². The van der Waals surface area contributed by atoms with Crippen LogP contribution in [0.5, 0.6) is 0 Å². The molecule has 4 heteroatoms. The lowest BCUT2D eigenvalue weighted by atomic mass is 9.50. The molecule has 0 amide bonds.